The second-order valence-corrected chi connectivity index (χ2v) is 4.57. The summed E-state index contributed by atoms with van der Waals surface area (Å²) in [5.74, 6) is 0. The van der Waals surface area contributed by atoms with Crippen LogP contribution >= 0.6 is 0 Å². The monoisotopic (exact) mass is 228 g/mol. The van der Waals surface area contributed by atoms with E-state index >= 15 is 0 Å². The molecule has 0 bridgehead atoms. The number of rotatable bonds is 2. The first-order chi connectivity index (χ1) is 8.33. The lowest BCUT2D eigenvalue weighted by atomic mass is 10.1. The van der Waals surface area contributed by atoms with Gasteiger partial charge in [0.2, 0.25) is 0 Å². The zero-order valence-corrected chi connectivity index (χ0v) is 10.0. The molecule has 0 amide bonds. The molecular formula is C13H16N4. The summed E-state index contributed by atoms with van der Waals surface area (Å²) in [7, 11) is 2.09. The molecule has 0 spiro atoms. The molecule has 17 heavy (non-hydrogen) atoms. The highest BCUT2D eigenvalue weighted by molar-refractivity contribution is 5.19. The van der Waals surface area contributed by atoms with Crippen molar-refractivity contribution in [2.75, 3.05) is 6.54 Å². The number of hydrogen-bond acceptors (Lipinski definition) is 3. The van der Waals surface area contributed by atoms with Gasteiger partial charge in [-0.15, -0.1) is 0 Å². The van der Waals surface area contributed by atoms with E-state index in [1.165, 1.54) is 17.0 Å². The second kappa shape index (κ2) is 4.30. The number of fused-ring (bicyclic) bond motifs is 1. The number of hydrogen-bond donors (Lipinski definition) is 0. The van der Waals surface area contributed by atoms with E-state index in [2.05, 4.69) is 44.8 Å². The molecule has 0 unspecified atom stereocenters. The SMILES string of the molecule is Cn1cccc1CN1CCc2ncncc2C1. The molecule has 1 aliphatic heterocycles. The van der Waals surface area contributed by atoms with Crippen LogP contribution in [0.15, 0.2) is 30.9 Å². The summed E-state index contributed by atoms with van der Waals surface area (Å²) in [6, 6.07) is 4.27. The van der Waals surface area contributed by atoms with Crippen LogP contribution in [0.3, 0.4) is 0 Å². The first-order valence-corrected chi connectivity index (χ1v) is 5.93. The van der Waals surface area contributed by atoms with Crippen LogP contribution in [-0.2, 0) is 26.6 Å². The van der Waals surface area contributed by atoms with Crippen molar-refractivity contribution < 1.29 is 0 Å². The average molecular weight is 228 g/mol. The van der Waals surface area contributed by atoms with Gasteiger partial charge in [0, 0.05) is 62.4 Å². The highest BCUT2D eigenvalue weighted by Crippen LogP contribution is 2.17. The lowest BCUT2D eigenvalue weighted by molar-refractivity contribution is 0.237. The van der Waals surface area contributed by atoms with Gasteiger partial charge in [-0.2, -0.15) is 0 Å². The van der Waals surface area contributed by atoms with Gasteiger partial charge < -0.3 is 4.57 Å². The molecule has 0 aliphatic carbocycles. The number of aryl methyl sites for hydroxylation is 1. The van der Waals surface area contributed by atoms with Crippen LogP contribution in [0, 0.1) is 0 Å². The largest absolute Gasteiger partial charge is 0.353 e. The minimum atomic E-state index is 0.960. The van der Waals surface area contributed by atoms with Gasteiger partial charge in [-0.05, 0) is 12.1 Å². The van der Waals surface area contributed by atoms with Gasteiger partial charge in [0.05, 0.1) is 0 Å². The molecule has 0 atom stereocenters. The molecule has 4 heteroatoms. The molecular weight excluding hydrogens is 212 g/mol. The van der Waals surface area contributed by atoms with Crippen LogP contribution in [0.1, 0.15) is 17.0 Å². The molecule has 0 radical (unpaired) electrons. The van der Waals surface area contributed by atoms with Crippen LogP contribution in [0.4, 0.5) is 0 Å². The molecule has 88 valence electrons. The molecule has 0 saturated heterocycles. The van der Waals surface area contributed by atoms with Gasteiger partial charge in [0.25, 0.3) is 0 Å². The van der Waals surface area contributed by atoms with E-state index in [4.69, 9.17) is 0 Å². The summed E-state index contributed by atoms with van der Waals surface area (Å²) in [6.45, 7) is 3.04. The van der Waals surface area contributed by atoms with E-state index in [0.29, 0.717) is 0 Å². The highest BCUT2D eigenvalue weighted by atomic mass is 15.1. The van der Waals surface area contributed by atoms with Gasteiger partial charge in [0.15, 0.2) is 0 Å². The van der Waals surface area contributed by atoms with E-state index in [0.717, 1.165) is 26.1 Å². The zero-order chi connectivity index (χ0) is 11.7. The molecule has 4 nitrogen and oxygen atoms in total. The lowest BCUT2D eigenvalue weighted by Crippen LogP contribution is -2.31. The Bertz CT molecular complexity index is 518. The summed E-state index contributed by atoms with van der Waals surface area (Å²) in [6.07, 6.45) is 6.71. The van der Waals surface area contributed by atoms with Crippen molar-refractivity contribution in [2.24, 2.45) is 7.05 Å². The summed E-state index contributed by atoms with van der Waals surface area (Å²) in [5, 5.41) is 0. The molecule has 0 aromatic carbocycles. The highest BCUT2D eigenvalue weighted by Gasteiger charge is 2.17. The van der Waals surface area contributed by atoms with Gasteiger partial charge in [0.1, 0.15) is 6.33 Å². The molecule has 0 N–H and O–H groups in total. The fourth-order valence-electron chi connectivity index (χ4n) is 2.35. The van der Waals surface area contributed by atoms with Gasteiger partial charge in [-0.25, -0.2) is 9.97 Å². The van der Waals surface area contributed by atoms with Crippen molar-refractivity contribution in [2.45, 2.75) is 19.5 Å². The molecule has 1 aliphatic rings. The lowest BCUT2D eigenvalue weighted by Gasteiger charge is -2.27. The first kappa shape index (κ1) is 10.5. The van der Waals surface area contributed by atoms with E-state index < -0.39 is 0 Å². The predicted octanol–water partition coefficient (Wildman–Crippen LogP) is 1.37. The zero-order valence-electron chi connectivity index (χ0n) is 10.0. The minimum absolute atomic E-state index is 0.960. The third-order valence-electron chi connectivity index (χ3n) is 3.38. The normalized spacial score (nSPS) is 15.8. The Hall–Kier alpha value is -1.68. The van der Waals surface area contributed by atoms with E-state index in [1.807, 2.05) is 6.20 Å². The Morgan fingerprint density at radius 1 is 1.41 bits per heavy atom. The Balaban J connectivity index is 1.74. The van der Waals surface area contributed by atoms with Crippen molar-refractivity contribution in [1.29, 1.82) is 0 Å². The number of aromatic nitrogens is 3. The standard InChI is InChI=1S/C13H16N4/c1-16-5-2-3-12(16)9-17-6-4-13-11(8-17)7-14-10-15-13/h2-3,5,7,10H,4,6,8-9H2,1H3. The van der Waals surface area contributed by atoms with Crippen LogP contribution in [-0.4, -0.2) is 26.0 Å². The van der Waals surface area contributed by atoms with Gasteiger partial charge in [-0.1, -0.05) is 0 Å². The Kier molecular flexibility index (Phi) is 2.65. The third-order valence-corrected chi connectivity index (χ3v) is 3.38. The summed E-state index contributed by atoms with van der Waals surface area (Å²) < 4.78 is 2.18. The Morgan fingerprint density at radius 2 is 2.35 bits per heavy atom. The maximum Gasteiger partial charge on any atom is 0.115 e. The van der Waals surface area contributed by atoms with Crippen molar-refractivity contribution in [3.63, 3.8) is 0 Å². The maximum absolute atomic E-state index is 4.33. The molecule has 2 aromatic heterocycles. The molecule has 0 fully saturated rings. The van der Waals surface area contributed by atoms with E-state index in [9.17, 15) is 0 Å². The average Bonchev–Trinajstić information content (AvgIpc) is 2.75. The van der Waals surface area contributed by atoms with E-state index in [-0.39, 0.29) is 0 Å². The molecule has 3 rings (SSSR count). The summed E-state index contributed by atoms with van der Waals surface area (Å²) in [5.41, 5.74) is 3.83. The molecule has 3 heterocycles. The van der Waals surface area contributed by atoms with E-state index in [1.54, 1.807) is 6.33 Å². The maximum atomic E-state index is 4.33. The Morgan fingerprint density at radius 3 is 3.18 bits per heavy atom. The topological polar surface area (TPSA) is 34.0 Å². The van der Waals surface area contributed by atoms with Crippen molar-refractivity contribution >= 4 is 0 Å². The van der Waals surface area contributed by atoms with Crippen LogP contribution in [0.2, 0.25) is 0 Å². The summed E-state index contributed by atoms with van der Waals surface area (Å²) >= 11 is 0. The van der Waals surface area contributed by atoms with Crippen molar-refractivity contribution in [1.82, 2.24) is 19.4 Å². The van der Waals surface area contributed by atoms with Gasteiger partial charge in [-0.3, -0.25) is 4.90 Å². The summed E-state index contributed by atoms with van der Waals surface area (Å²) in [4.78, 5) is 10.9. The van der Waals surface area contributed by atoms with Crippen LogP contribution in [0.25, 0.3) is 0 Å². The fourth-order valence-corrected chi connectivity index (χ4v) is 2.35. The van der Waals surface area contributed by atoms with Crippen LogP contribution < -0.4 is 0 Å². The quantitative estimate of drug-likeness (QED) is 0.778. The van der Waals surface area contributed by atoms with Crippen molar-refractivity contribution in [3.8, 4) is 0 Å². The molecule has 0 saturated carbocycles. The first-order valence-electron chi connectivity index (χ1n) is 5.93. The van der Waals surface area contributed by atoms with Crippen LogP contribution in [0.5, 0.6) is 0 Å². The molecule has 2 aromatic rings. The van der Waals surface area contributed by atoms with Crippen molar-refractivity contribution in [3.05, 3.63) is 47.8 Å². The van der Waals surface area contributed by atoms with Gasteiger partial charge >= 0.3 is 0 Å². The predicted molar refractivity (Wildman–Crippen MR) is 65.3 cm³/mol. The smallest absolute Gasteiger partial charge is 0.115 e. The fraction of sp³-hybridized carbons (Fsp3) is 0.385. The number of nitrogens with zero attached hydrogens (tertiary/aromatic N) is 4. The third kappa shape index (κ3) is 2.08. The Labute approximate surface area is 101 Å². The second-order valence-electron chi connectivity index (χ2n) is 4.57. The minimum Gasteiger partial charge on any atom is -0.353 e.